The van der Waals surface area contributed by atoms with Gasteiger partial charge in [0.25, 0.3) is 0 Å². The number of nitrogens with zero attached hydrogens (tertiary/aromatic N) is 1. The van der Waals surface area contributed by atoms with E-state index in [0.29, 0.717) is 0 Å². The van der Waals surface area contributed by atoms with Gasteiger partial charge in [0.1, 0.15) is 0 Å². The second kappa shape index (κ2) is 3.39. The average molecular weight is 268 g/mol. The fourth-order valence-corrected chi connectivity index (χ4v) is 1.56. The summed E-state index contributed by atoms with van der Waals surface area (Å²) in [6.07, 6.45) is 0. The van der Waals surface area contributed by atoms with E-state index < -0.39 is 27.1 Å². The molecule has 0 aliphatic heterocycles. The van der Waals surface area contributed by atoms with Crippen molar-refractivity contribution in [1.29, 1.82) is 0 Å². The van der Waals surface area contributed by atoms with Gasteiger partial charge in [0.15, 0.2) is 16.5 Å². The maximum Gasteiger partial charge on any atom is 0.332 e. The van der Waals surface area contributed by atoms with E-state index in [9.17, 15) is 10.1 Å². The zero-order chi connectivity index (χ0) is 10.2. The van der Waals surface area contributed by atoms with E-state index in [-0.39, 0.29) is 4.47 Å². The SMILES string of the molecule is O=[N+]([O-])c1c(O)cc(Br)c(O)c1Cl. The van der Waals surface area contributed by atoms with Gasteiger partial charge in [0.05, 0.1) is 9.40 Å². The number of hydrogen-bond acceptors (Lipinski definition) is 4. The van der Waals surface area contributed by atoms with Gasteiger partial charge in [-0.3, -0.25) is 10.1 Å². The minimum absolute atomic E-state index is 0.0978. The van der Waals surface area contributed by atoms with Crippen LogP contribution in [0.3, 0.4) is 0 Å². The van der Waals surface area contributed by atoms with E-state index >= 15 is 0 Å². The fourth-order valence-electron chi connectivity index (χ4n) is 0.760. The monoisotopic (exact) mass is 267 g/mol. The average Bonchev–Trinajstić information content (AvgIpc) is 1.99. The van der Waals surface area contributed by atoms with Gasteiger partial charge in [-0.05, 0) is 15.9 Å². The summed E-state index contributed by atoms with van der Waals surface area (Å²) in [6.45, 7) is 0. The predicted octanol–water partition coefficient (Wildman–Crippen LogP) is 2.42. The lowest BCUT2D eigenvalue weighted by molar-refractivity contribution is -0.385. The smallest absolute Gasteiger partial charge is 0.332 e. The fraction of sp³-hybridized carbons (Fsp3) is 0. The van der Waals surface area contributed by atoms with Gasteiger partial charge in [-0.2, -0.15) is 0 Å². The summed E-state index contributed by atoms with van der Waals surface area (Å²) in [5.41, 5.74) is -0.706. The molecule has 0 radical (unpaired) electrons. The minimum Gasteiger partial charge on any atom is -0.505 e. The highest BCUT2D eigenvalue weighted by atomic mass is 79.9. The van der Waals surface area contributed by atoms with Crippen LogP contribution in [0.2, 0.25) is 5.02 Å². The van der Waals surface area contributed by atoms with Crippen LogP contribution >= 0.6 is 27.5 Å². The summed E-state index contributed by atoms with van der Waals surface area (Å²) >= 11 is 8.28. The highest BCUT2D eigenvalue weighted by molar-refractivity contribution is 9.10. The predicted molar refractivity (Wildman–Crippen MR) is 49.1 cm³/mol. The van der Waals surface area contributed by atoms with Crippen molar-refractivity contribution in [3.05, 3.63) is 25.7 Å². The molecule has 0 saturated carbocycles. The van der Waals surface area contributed by atoms with E-state index in [1.54, 1.807) is 0 Å². The standard InChI is InChI=1S/C6H3BrClNO4/c7-2-1-3(10)5(9(12)13)4(8)6(2)11/h1,10-11H. The number of nitro benzene ring substituents is 1. The Bertz CT molecular complexity index is 381. The van der Waals surface area contributed by atoms with Crippen LogP contribution in [0.25, 0.3) is 0 Å². The van der Waals surface area contributed by atoms with Crippen LogP contribution in [0, 0.1) is 10.1 Å². The molecule has 0 saturated heterocycles. The van der Waals surface area contributed by atoms with Crippen molar-refractivity contribution < 1.29 is 15.1 Å². The van der Waals surface area contributed by atoms with E-state index in [2.05, 4.69) is 15.9 Å². The van der Waals surface area contributed by atoms with Crippen LogP contribution in [0.1, 0.15) is 0 Å². The first-order valence-corrected chi connectivity index (χ1v) is 4.16. The van der Waals surface area contributed by atoms with Crippen molar-refractivity contribution in [3.63, 3.8) is 0 Å². The molecule has 0 heterocycles. The lowest BCUT2D eigenvalue weighted by Crippen LogP contribution is -1.90. The quantitative estimate of drug-likeness (QED) is 0.465. The molecule has 0 atom stereocenters. The van der Waals surface area contributed by atoms with E-state index in [4.69, 9.17) is 21.8 Å². The molecule has 0 bridgehead atoms. The summed E-state index contributed by atoms with van der Waals surface area (Å²) in [7, 11) is 0. The van der Waals surface area contributed by atoms with Crippen molar-refractivity contribution in [3.8, 4) is 11.5 Å². The molecular weight excluding hydrogens is 265 g/mol. The third kappa shape index (κ3) is 1.68. The lowest BCUT2D eigenvalue weighted by Gasteiger charge is -2.02. The van der Waals surface area contributed by atoms with Gasteiger partial charge in [-0.25, -0.2) is 0 Å². The Balaban J connectivity index is 3.53. The molecule has 5 nitrogen and oxygen atoms in total. The molecule has 0 amide bonds. The first-order valence-electron chi connectivity index (χ1n) is 2.99. The molecule has 0 aromatic heterocycles. The maximum absolute atomic E-state index is 10.3. The van der Waals surface area contributed by atoms with Crippen LogP contribution < -0.4 is 0 Å². The van der Waals surface area contributed by atoms with E-state index in [1.165, 1.54) is 0 Å². The molecule has 0 aliphatic rings. The Labute approximate surface area is 85.8 Å². The number of hydrogen-bond donors (Lipinski definition) is 2. The number of halogens is 2. The molecule has 0 aliphatic carbocycles. The number of phenolic OH excluding ortho intramolecular Hbond substituents is 2. The van der Waals surface area contributed by atoms with Crippen LogP contribution in [-0.2, 0) is 0 Å². The number of aromatic hydroxyl groups is 2. The van der Waals surface area contributed by atoms with Gasteiger partial charge in [-0.1, -0.05) is 11.6 Å². The second-order valence-corrected chi connectivity index (χ2v) is 3.38. The third-order valence-corrected chi connectivity index (χ3v) is 2.29. The summed E-state index contributed by atoms with van der Waals surface area (Å²) in [5, 5.41) is 28.1. The van der Waals surface area contributed by atoms with E-state index in [1.807, 2.05) is 0 Å². The maximum atomic E-state index is 10.3. The minimum atomic E-state index is -0.871. The summed E-state index contributed by atoms with van der Waals surface area (Å²) in [4.78, 5) is 9.47. The molecule has 13 heavy (non-hydrogen) atoms. The van der Waals surface area contributed by atoms with Gasteiger partial charge in [0.2, 0.25) is 0 Å². The Hall–Kier alpha value is -1.01. The number of nitro groups is 1. The van der Waals surface area contributed by atoms with Crippen LogP contribution in [-0.4, -0.2) is 15.1 Å². The number of rotatable bonds is 1. The molecule has 0 unspecified atom stereocenters. The van der Waals surface area contributed by atoms with Crippen molar-refractivity contribution in [2.75, 3.05) is 0 Å². The van der Waals surface area contributed by atoms with Crippen molar-refractivity contribution >= 4 is 33.2 Å². The topological polar surface area (TPSA) is 83.6 Å². The Morgan fingerprint density at radius 1 is 1.54 bits per heavy atom. The van der Waals surface area contributed by atoms with Gasteiger partial charge in [-0.15, -0.1) is 0 Å². The number of phenols is 2. The number of benzene rings is 1. The van der Waals surface area contributed by atoms with Crippen molar-refractivity contribution in [2.24, 2.45) is 0 Å². The van der Waals surface area contributed by atoms with Gasteiger partial charge in [0, 0.05) is 6.07 Å². The molecule has 1 aromatic rings. The van der Waals surface area contributed by atoms with Crippen molar-refractivity contribution in [2.45, 2.75) is 0 Å². The zero-order valence-electron chi connectivity index (χ0n) is 5.99. The van der Waals surface area contributed by atoms with Crippen LogP contribution in [0.5, 0.6) is 11.5 Å². The molecule has 7 heteroatoms. The molecule has 0 fully saturated rings. The summed E-state index contributed by atoms with van der Waals surface area (Å²) in [5.74, 6) is -1.06. The first kappa shape index (κ1) is 10.1. The van der Waals surface area contributed by atoms with Crippen LogP contribution in [0.4, 0.5) is 5.69 Å². The Kier molecular flexibility index (Phi) is 2.63. The molecule has 1 rings (SSSR count). The lowest BCUT2D eigenvalue weighted by atomic mass is 10.3. The first-order chi connectivity index (χ1) is 5.95. The Morgan fingerprint density at radius 2 is 2.08 bits per heavy atom. The largest absolute Gasteiger partial charge is 0.505 e. The van der Waals surface area contributed by atoms with E-state index in [0.717, 1.165) is 6.07 Å². The molecular formula is C6H3BrClNO4. The van der Waals surface area contributed by atoms with Crippen molar-refractivity contribution in [1.82, 2.24) is 0 Å². The molecule has 2 N–H and O–H groups in total. The third-order valence-electron chi connectivity index (χ3n) is 1.33. The van der Waals surface area contributed by atoms with Gasteiger partial charge < -0.3 is 10.2 Å². The summed E-state index contributed by atoms with van der Waals surface area (Å²) in [6, 6.07) is 0.999. The normalized spacial score (nSPS) is 10.0. The molecule has 1 aromatic carbocycles. The second-order valence-electron chi connectivity index (χ2n) is 2.15. The zero-order valence-corrected chi connectivity index (χ0v) is 8.33. The highest BCUT2D eigenvalue weighted by Crippen LogP contribution is 2.44. The summed E-state index contributed by atoms with van der Waals surface area (Å²) < 4.78 is 0.0978. The molecule has 0 spiro atoms. The van der Waals surface area contributed by atoms with Crippen LogP contribution in [0.15, 0.2) is 10.5 Å². The Morgan fingerprint density at radius 3 is 2.54 bits per heavy atom. The highest BCUT2D eigenvalue weighted by Gasteiger charge is 2.23. The molecule has 70 valence electrons. The van der Waals surface area contributed by atoms with Gasteiger partial charge >= 0.3 is 5.69 Å².